The molecular formula is C17H26N2O. The highest BCUT2D eigenvalue weighted by molar-refractivity contribution is 5.78. The van der Waals surface area contributed by atoms with E-state index in [1.165, 1.54) is 18.4 Å². The Morgan fingerprint density at radius 3 is 2.55 bits per heavy atom. The molecule has 1 aromatic rings. The molecule has 0 bridgehead atoms. The molecule has 1 fully saturated rings. The Hall–Kier alpha value is -1.35. The molecule has 1 aromatic carbocycles. The van der Waals surface area contributed by atoms with Gasteiger partial charge in [0.05, 0.1) is 12.6 Å². The van der Waals surface area contributed by atoms with Crippen molar-refractivity contribution in [3.8, 4) is 0 Å². The van der Waals surface area contributed by atoms with Crippen molar-refractivity contribution < 1.29 is 4.79 Å². The molecule has 1 amide bonds. The van der Waals surface area contributed by atoms with Crippen LogP contribution < -0.4 is 5.32 Å². The fourth-order valence-corrected chi connectivity index (χ4v) is 2.77. The first-order chi connectivity index (χ1) is 9.69. The minimum absolute atomic E-state index is 0.132. The zero-order valence-electron chi connectivity index (χ0n) is 12.6. The lowest BCUT2D eigenvalue weighted by atomic mass is 9.99. The molecule has 1 saturated heterocycles. The molecule has 20 heavy (non-hydrogen) atoms. The lowest BCUT2D eigenvalue weighted by Crippen LogP contribution is -2.42. The number of rotatable bonds is 5. The average molecular weight is 274 g/mol. The second kappa shape index (κ2) is 7.44. The Bertz CT molecular complexity index is 410. The van der Waals surface area contributed by atoms with E-state index in [0.717, 1.165) is 25.4 Å². The standard InChI is InChI=1S/C17H26N2O/c1-3-16(15-7-5-4-6-8-15)18-17(20)13-19-11-9-14(2)10-12-19/h4-8,14,16H,3,9-13H2,1-2H3,(H,18,20). The average Bonchev–Trinajstić information content (AvgIpc) is 2.48. The highest BCUT2D eigenvalue weighted by Crippen LogP contribution is 2.17. The Kier molecular flexibility index (Phi) is 5.60. The molecule has 1 aliphatic rings. The van der Waals surface area contributed by atoms with E-state index in [2.05, 4.69) is 36.2 Å². The second-order valence-electron chi connectivity index (χ2n) is 5.90. The predicted molar refractivity (Wildman–Crippen MR) is 82.5 cm³/mol. The predicted octanol–water partition coefficient (Wildman–Crippen LogP) is 2.99. The fraction of sp³-hybridized carbons (Fsp3) is 0.588. The maximum Gasteiger partial charge on any atom is 0.234 e. The molecule has 1 unspecified atom stereocenters. The zero-order chi connectivity index (χ0) is 14.4. The fourth-order valence-electron chi connectivity index (χ4n) is 2.77. The molecule has 1 heterocycles. The molecule has 110 valence electrons. The van der Waals surface area contributed by atoms with Crippen molar-refractivity contribution >= 4 is 5.91 Å². The first-order valence-electron chi connectivity index (χ1n) is 7.75. The highest BCUT2D eigenvalue weighted by Gasteiger charge is 2.19. The van der Waals surface area contributed by atoms with Crippen LogP contribution >= 0.6 is 0 Å². The Labute approximate surface area is 122 Å². The molecular weight excluding hydrogens is 248 g/mol. The van der Waals surface area contributed by atoms with E-state index < -0.39 is 0 Å². The van der Waals surface area contributed by atoms with Crippen LogP contribution in [0.5, 0.6) is 0 Å². The SMILES string of the molecule is CCC(NC(=O)CN1CCC(C)CC1)c1ccccc1. The van der Waals surface area contributed by atoms with Gasteiger partial charge in [0, 0.05) is 0 Å². The molecule has 3 nitrogen and oxygen atoms in total. The van der Waals surface area contributed by atoms with Crippen LogP contribution in [0.1, 0.15) is 44.7 Å². The summed E-state index contributed by atoms with van der Waals surface area (Å²) in [5.74, 6) is 0.956. The van der Waals surface area contributed by atoms with Crippen LogP contribution in [0.25, 0.3) is 0 Å². The summed E-state index contributed by atoms with van der Waals surface area (Å²) in [5, 5.41) is 3.16. The van der Waals surface area contributed by atoms with Crippen LogP contribution in [0.3, 0.4) is 0 Å². The van der Waals surface area contributed by atoms with Crippen LogP contribution in [-0.2, 0) is 4.79 Å². The van der Waals surface area contributed by atoms with Gasteiger partial charge in [0.2, 0.25) is 5.91 Å². The van der Waals surface area contributed by atoms with E-state index in [-0.39, 0.29) is 11.9 Å². The quantitative estimate of drug-likeness (QED) is 0.895. The Morgan fingerprint density at radius 1 is 1.30 bits per heavy atom. The highest BCUT2D eigenvalue weighted by atomic mass is 16.2. The van der Waals surface area contributed by atoms with E-state index in [9.17, 15) is 4.79 Å². The third-order valence-corrected chi connectivity index (χ3v) is 4.19. The minimum Gasteiger partial charge on any atom is -0.348 e. The number of piperidine rings is 1. The lowest BCUT2D eigenvalue weighted by Gasteiger charge is -2.30. The van der Waals surface area contributed by atoms with Gasteiger partial charge in [-0.1, -0.05) is 44.2 Å². The Balaban J connectivity index is 1.84. The van der Waals surface area contributed by atoms with Gasteiger partial charge in [-0.05, 0) is 43.8 Å². The van der Waals surface area contributed by atoms with Crippen molar-refractivity contribution in [2.75, 3.05) is 19.6 Å². The molecule has 0 aromatic heterocycles. The Morgan fingerprint density at radius 2 is 1.95 bits per heavy atom. The van der Waals surface area contributed by atoms with Crippen molar-refractivity contribution in [2.45, 2.75) is 39.2 Å². The van der Waals surface area contributed by atoms with Crippen LogP contribution in [0.2, 0.25) is 0 Å². The number of nitrogens with zero attached hydrogens (tertiary/aromatic N) is 1. The summed E-state index contributed by atoms with van der Waals surface area (Å²) in [6, 6.07) is 10.3. The first-order valence-corrected chi connectivity index (χ1v) is 7.75. The summed E-state index contributed by atoms with van der Waals surface area (Å²) in [4.78, 5) is 14.5. The van der Waals surface area contributed by atoms with Gasteiger partial charge in [0.15, 0.2) is 0 Å². The van der Waals surface area contributed by atoms with Gasteiger partial charge < -0.3 is 5.32 Å². The van der Waals surface area contributed by atoms with Gasteiger partial charge >= 0.3 is 0 Å². The molecule has 0 aliphatic carbocycles. The van der Waals surface area contributed by atoms with E-state index in [0.29, 0.717) is 6.54 Å². The molecule has 0 saturated carbocycles. The minimum atomic E-state index is 0.132. The summed E-state index contributed by atoms with van der Waals surface area (Å²) < 4.78 is 0. The van der Waals surface area contributed by atoms with Crippen LogP contribution in [0, 0.1) is 5.92 Å². The van der Waals surface area contributed by atoms with Gasteiger partial charge in [-0.3, -0.25) is 9.69 Å². The van der Waals surface area contributed by atoms with Crippen LogP contribution in [-0.4, -0.2) is 30.4 Å². The van der Waals surface area contributed by atoms with Gasteiger partial charge in [0.1, 0.15) is 0 Å². The molecule has 0 spiro atoms. The normalized spacial score (nSPS) is 18.7. The molecule has 1 N–H and O–H groups in total. The van der Waals surface area contributed by atoms with Crippen molar-refractivity contribution in [3.63, 3.8) is 0 Å². The summed E-state index contributed by atoms with van der Waals surface area (Å²) >= 11 is 0. The maximum absolute atomic E-state index is 12.2. The second-order valence-corrected chi connectivity index (χ2v) is 5.90. The summed E-state index contributed by atoms with van der Waals surface area (Å²) in [5.41, 5.74) is 1.19. The number of amides is 1. The number of benzene rings is 1. The van der Waals surface area contributed by atoms with Crippen LogP contribution in [0.4, 0.5) is 0 Å². The largest absolute Gasteiger partial charge is 0.348 e. The molecule has 1 atom stereocenters. The van der Waals surface area contributed by atoms with E-state index in [1.54, 1.807) is 0 Å². The summed E-state index contributed by atoms with van der Waals surface area (Å²) in [6.07, 6.45) is 3.35. The van der Waals surface area contributed by atoms with Crippen molar-refractivity contribution in [1.29, 1.82) is 0 Å². The van der Waals surface area contributed by atoms with E-state index in [1.807, 2.05) is 18.2 Å². The third-order valence-electron chi connectivity index (χ3n) is 4.19. The molecule has 2 rings (SSSR count). The number of hydrogen-bond acceptors (Lipinski definition) is 2. The van der Waals surface area contributed by atoms with Gasteiger partial charge in [-0.15, -0.1) is 0 Å². The maximum atomic E-state index is 12.2. The third kappa shape index (κ3) is 4.34. The number of hydrogen-bond donors (Lipinski definition) is 1. The molecule has 3 heteroatoms. The summed E-state index contributed by atoms with van der Waals surface area (Å²) in [6.45, 7) is 7.05. The van der Waals surface area contributed by atoms with Gasteiger partial charge in [-0.2, -0.15) is 0 Å². The van der Waals surface area contributed by atoms with Gasteiger partial charge in [-0.25, -0.2) is 0 Å². The van der Waals surface area contributed by atoms with E-state index >= 15 is 0 Å². The number of carbonyl (C=O) groups excluding carboxylic acids is 1. The van der Waals surface area contributed by atoms with E-state index in [4.69, 9.17) is 0 Å². The molecule has 1 aliphatic heterocycles. The monoisotopic (exact) mass is 274 g/mol. The molecule has 0 radical (unpaired) electrons. The topological polar surface area (TPSA) is 32.3 Å². The van der Waals surface area contributed by atoms with Gasteiger partial charge in [0.25, 0.3) is 0 Å². The lowest BCUT2D eigenvalue weighted by molar-refractivity contribution is -0.123. The zero-order valence-corrected chi connectivity index (χ0v) is 12.6. The van der Waals surface area contributed by atoms with Crippen LogP contribution in [0.15, 0.2) is 30.3 Å². The number of likely N-dealkylation sites (tertiary alicyclic amines) is 1. The summed E-state index contributed by atoms with van der Waals surface area (Å²) in [7, 11) is 0. The van der Waals surface area contributed by atoms with Crippen molar-refractivity contribution in [2.24, 2.45) is 5.92 Å². The number of carbonyl (C=O) groups is 1. The first kappa shape index (κ1) is 15.0. The smallest absolute Gasteiger partial charge is 0.234 e. The number of nitrogens with one attached hydrogen (secondary N) is 1. The van der Waals surface area contributed by atoms with Crippen molar-refractivity contribution in [1.82, 2.24) is 10.2 Å². The van der Waals surface area contributed by atoms with Crippen molar-refractivity contribution in [3.05, 3.63) is 35.9 Å².